The lowest BCUT2D eigenvalue weighted by atomic mass is 10.0. The second-order valence-corrected chi connectivity index (χ2v) is 10.4. The molecule has 0 radical (unpaired) electrons. The van der Waals surface area contributed by atoms with Crippen molar-refractivity contribution in [3.8, 4) is 0 Å². The zero-order valence-electron chi connectivity index (χ0n) is 18.6. The molecule has 1 unspecified atom stereocenters. The molecule has 8 heteroatoms. The summed E-state index contributed by atoms with van der Waals surface area (Å²) in [7, 11) is -4.94. The van der Waals surface area contributed by atoms with Crippen LogP contribution in [0.3, 0.4) is 0 Å². The monoisotopic (exact) mass is 454 g/mol. The number of carbonyl (C=O) groups excluding carboxylic acids is 1. The Balaban J connectivity index is 1.85. The highest BCUT2D eigenvalue weighted by molar-refractivity contribution is 7.54. The van der Waals surface area contributed by atoms with Crippen molar-refractivity contribution in [2.24, 2.45) is 0 Å². The molecule has 1 heterocycles. The van der Waals surface area contributed by atoms with Crippen LogP contribution in [0.4, 0.5) is 8.78 Å². The highest BCUT2D eigenvalue weighted by Crippen LogP contribution is 2.65. The van der Waals surface area contributed by atoms with Crippen LogP contribution in [-0.4, -0.2) is 29.2 Å². The maximum absolute atomic E-state index is 13.2. The van der Waals surface area contributed by atoms with Gasteiger partial charge in [0.25, 0.3) is 0 Å². The summed E-state index contributed by atoms with van der Waals surface area (Å²) in [6, 6.07) is 0. The number of alkyl halides is 2. The number of unbranched alkanes of at least 4 members (excludes halogenated alkanes) is 14. The van der Waals surface area contributed by atoms with E-state index >= 15 is 0 Å². The van der Waals surface area contributed by atoms with E-state index in [0.717, 1.165) is 12.8 Å². The molecule has 0 bridgehead atoms. The number of halogens is 2. The Labute approximate surface area is 180 Å². The molecule has 0 amide bonds. The molecule has 0 aromatic carbocycles. The molecule has 1 aliphatic heterocycles. The summed E-state index contributed by atoms with van der Waals surface area (Å²) >= 11 is 0. The van der Waals surface area contributed by atoms with Crippen molar-refractivity contribution in [1.29, 1.82) is 0 Å². The number of hydrogen-bond donors (Lipinski definition) is 1. The molecule has 0 aromatic rings. The summed E-state index contributed by atoms with van der Waals surface area (Å²) in [5.41, 5.74) is -3.77. The fourth-order valence-corrected chi connectivity index (χ4v) is 4.82. The van der Waals surface area contributed by atoms with Gasteiger partial charge in [0.15, 0.2) is 0 Å². The minimum Gasteiger partial charge on any atom is -0.463 e. The Morgan fingerprint density at radius 1 is 0.933 bits per heavy atom. The fraction of sp³-hybridized carbons (Fsp3) is 0.955. The maximum atomic E-state index is 13.2. The first-order chi connectivity index (χ1) is 14.3. The van der Waals surface area contributed by atoms with Crippen molar-refractivity contribution in [2.75, 3.05) is 6.61 Å². The van der Waals surface area contributed by atoms with Crippen LogP contribution in [0.1, 0.15) is 116 Å². The van der Waals surface area contributed by atoms with E-state index in [1.54, 1.807) is 0 Å². The average Bonchev–Trinajstić information content (AvgIpc) is 2.89. The van der Waals surface area contributed by atoms with E-state index in [0.29, 0.717) is 6.42 Å². The molecule has 30 heavy (non-hydrogen) atoms. The SMILES string of the molecule is CCCCCCCCCCCCCCCCCC(=O)OC[C@@H]1CC(F)(F)P(=O)(O)O1. The first-order valence-corrected chi connectivity index (χ1v) is 13.4. The van der Waals surface area contributed by atoms with Gasteiger partial charge < -0.3 is 9.63 Å². The number of esters is 1. The third-order valence-electron chi connectivity index (χ3n) is 5.59. The molecule has 0 aromatic heterocycles. The van der Waals surface area contributed by atoms with Crippen molar-refractivity contribution in [3.63, 3.8) is 0 Å². The Morgan fingerprint density at radius 2 is 1.37 bits per heavy atom. The maximum Gasteiger partial charge on any atom is 0.397 e. The minimum atomic E-state index is -4.94. The van der Waals surface area contributed by atoms with E-state index in [-0.39, 0.29) is 6.42 Å². The third kappa shape index (κ3) is 11.8. The molecule has 1 saturated heterocycles. The van der Waals surface area contributed by atoms with Crippen LogP contribution in [0.25, 0.3) is 0 Å². The molecule has 1 fully saturated rings. The summed E-state index contributed by atoms with van der Waals surface area (Å²) in [4.78, 5) is 20.7. The van der Waals surface area contributed by atoms with Crippen LogP contribution in [0.5, 0.6) is 0 Å². The lowest BCUT2D eigenvalue weighted by Gasteiger charge is -2.10. The summed E-state index contributed by atoms with van der Waals surface area (Å²) in [5, 5.41) is 0. The molecule has 0 spiro atoms. The van der Waals surface area contributed by atoms with Gasteiger partial charge in [0.05, 0.1) is 6.42 Å². The quantitative estimate of drug-likeness (QED) is 0.133. The second-order valence-electron chi connectivity index (χ2n) is 8.50. The Bertz CT molecular complexity index is 516. The van der Waals surface area contributed by atoms with Crippen LogP contribution >= 0.6 is 7.60 Å². The Hall–Kier alpha value is -0.520. The molecular formula is C22H41F2O5P. The lowest BCUT2D eigenvalue weighted by Crippen LogP contribution is -2.19. The van der Waals surface area contributed by atoms with Gasteiger partial charge >= 0.3 is 19.2 Å². The largest absolute Gasteiger partial charge is 0.463 e. The second kappa shape index (κ2) is 15.3. The van der Waals surface area contributed by atoms with E-state index in [9.17, 15) is 18.1 Å². The van der Waals surface area contributed by atoms with Crippen molar-refractivity contribution < 1.29 is 32.3 Å². The molecule has 0 aliphatic carbocycles. The summed E-state index contributed by atoms with van der Waals surface area (Å²) in [5.74, 6) is -0.476. The fourth-order valence-electron chi connectivity index (χ4n) is 3.69. The number of ether oxygens (including phenoxy) is 1. The summed E-state index contributed by atoms with van der Waals surface area (Å²) < 4.78 is 47.0. The minimum absolute atomic E-state index is 0.234. The first kappa shape index (κ1) is 27.5. The molecular weight excluding hydrogens is 413 g/mol. The zero-order chi connectivity index (χ0) is 22.3. The number of carbonyl (C=O) groups is 1. The topological polar surface area (TPSA) is 72.8 Å². The number of rotatable bonds is 18. The smallest absolute Gasteiger partial charge is 0.397 e. The molecule has 5 nitrogen and oxygen atoms in total. The van der Waals surface area contributed by atoms with Crippen LogP contribution in [0, 0.1) is 0 Å². The van der Waals surface area contributed by atoms with Gasteiger partial charge in [0.1, 0.15) is 12.7 Å². The van der Waals surface area contributed by atoms with Crippen molar-refractivity contribution in [2.45, 2.75) is 128 Å². The molecule has 1 rings (SSSR count). The first-order valence-electron chi connectivity index (χ1n) is 11.8. The summed E-state index contributed by atoms with van der Waals surface area (Å²) in [6.45, 7) is 1.84. The molecule has 1 aliphatic rings. The molecule has 2 atom stereocenters. The van der Waals surface area contributed by atoms with Gasteiger partial charge in [-0.15, -0.1) is 0 Å². The number of hydrogen-bond acceptors (Lipinski definition) is 4. The van der Waals surface area contributed by atoms with Gasteiger partial charge in [0, 0.05) is 6.42 Å². The normalized spacial score (nSPS) is 23.0. The highest BCUT2D eigenvalue weighted by Gasteiger charge is 2.59. The van der Waals surface area contributed by atoms with E-state index in [2.05, 4.69) is 11.4 Å². The van der Waals surface area contributed by atoms with Crippen molar-refractivity contribution in [1.82, 2.24) is 0 Å². The van der Waals surface area contributed by atoms with Crippen LogP contribution < -0.4 is 0 Å². The van der Waals surface area contributed by atoms with Crippen LogP contribution in [0.15, 0.2) is 0 Å². The van der Waals surface area contributed by atoms with Crippen molar-refractivity contribution in [3.05, 3.63) is 0 Å². The third-order valence-corrected chi connectivity index (χ3v) is 7.19. The van der Waals surface area contributed by atoms with Gasteiger partial charge in [-0.1, -0.05) is 96.8 Å². The molecule has 1 N–H and O–H groups in total. The average molecular weight is 455 g/mol. The van der Waals surface area contributed by atoms with Gasteiger partial charge in [-0.3, -0.25) is 13.9 Å². The van der Waals surface area contributed by atoms with Crippen LogP contribution in [0.2, 0.25) is 0 Å². The predicted octanol–water partition coefficient (Wildman–Crippen LogP) is 7.36. The predicted molar refractivity (Wildman–Crippen MR) is 115 cm³/mol. The van der Waals surface area contributed by atoms with E-state index in [1.807, 2.05) is 0 Å². The van der Waals surface area contributed by atoms with Gasteiger partial charge in [-0.25, -0.2) is 0 Å². The Kier molecular flexibility index (Phi) is 14.0. The zero-order valence-corrected chi connectivity index (χ0v) is 19.5. The van der Waals surface area contributed by atoms with Gasteiger partial charge in [-0.2, -0.15) is 8.78 Å². The summed E-state index contributed by atoms with van der Waals surface area (Å²) in [6.07, 6.45) is 16.7. The van der Waals surface area contributed by atoms with Gasteiger partial charge in [-0.05, 0) is 6.42 Å². The van der Waals surface area contributed by atoms with E-state index in [4.69, 9.17) is 9.63 Å². The van der Waals surface area contributed by atoms with Gasteiger partial charge in [0.2, 0.25) is 0 Å². The van der Waals surface area contributed by atoms with Crippen LogP contribution in [-0.2, 0) is 18.6 Å². The molecule has 178 valence electrons. The highest BCUT2D eigenvalue weighted by atomic mass is 31.2. The Morgan fingerprint density at radius 3 is 1.77 bits per heavy atom. The molecule has 0 saturated carbocycles. The van der Waals surface area contributed by atoms with E-state index in [1.165, 1.54) is 77.0 Å². The van der Waals surface area contributed by atoms with E-state index < -0.39 is 38.4 Å². The standard InChI is InChI=1S/C22H41F2O5P/c1-2-3-4-5-6-7-8-9-10-11-12-13-14-15-16-17-21(25)28-19-20-18-22(23,24)30(26,27)29-20/h20H,2-19H2,1H3,(H,26,27)/t20-/m0/s1. The lowest BCUT2D eigenvalue weighted by molar-refractivity contribution is -0.146. The van der Waals surface area contributed by atoms with Crippen molar-refractivity contribution >= 4 is 13.6 Å².